The maximum atomic E-state index is 12.8. The second-order valence-electron chi connectivity index (χ2n) is 5.77. The first-order chi connectivity index (χ1) is 13.0. The lowest BCUT2D eigenvalue weighted by molar-refractivity contribution is 0.103. The van der Waals surface area contributed by atoms with Crippen molar-refractivity contribution in [1.29, 1.82) is 0 Å². The molecule has 2 aromatic carbocycles. The SMILES string of the molecule is CCOc1ccc(C(=O)C(C)=Cc2ccc(OC)c(OC)c2OC)cc1N. The summed E-state index contributed by atoms with van der Waals surface area (Å²) in [4.78, 5) is 12.8. The molecule has 0 radical (unpaired) electrons. The van der Waals surface area contributed by atoms with E-state index < -0.39 is 0 Å². The molecule has 2 N–H and O–H groups in total. The minimum Gasteiger partial charge on any atom is -0.493 e. The fourth-order valence-corrected chi connectivity index (χ4v) is 2.74. The van der Waals surface area contributed by atoms with Gasteiger partial charge in [-0.05, 0) is 55.8 Å². The lowest BCUT2D eigenvalue weighted by Gasteiger charge is -2.14. The number of anilines is 1. The Balaban J connectivity index is 2.39. The van der Waals surface area contributed by atoms with Gasteiger partial charge in [0.25, 0.3) is 0 Å². The third-order valence-electron chi connectivity index (χ3n) is 4.04. The molecule has 0 amide bonds. The molecule has 0 spiro atoms. The molecule has 27 heavy (non-hydrogen) atoms. The molecular weight excluding hydrogens is 346 g/mol. The number of carbonyl (C=O) groups excluding carboxylic acids is 1. The van der Waals surface area contributed by atoms with Gasteiger partial charge in [0.2, 0.25) is 5.75 Å². The van der Waals surface area contributed by atoms with Crippen LogP contribution in [0.5, 0.6) is 23.0 Å². The number of nitrogens with two attached hydrogens (primary N) is 1. The second kappa shape index (κ2) is 8.98. The molecule has 6 heteroatoms. The van der Waals surface area contributed by atoms with Crippen LogP contribution in [0.25, 0.3) is 6.08 Å². The van der Waals surface area contributed by atoms with Crippen LogP contribution in [0.4, 0.5) is 5.69 Å². The van der Waals surface area contributed by atoms with Crippen LogP contribution in [0.15, 0.2) is 35.9 Å². The quantitative estimate of drug-likeness (QED) is 0.429. The Morgan fingerprint density at radius 3 is 2.22 bits per heavy atom. The number of carbonyl (C=O) groups is 1. The van der Waals surface area contributed by atoms with Crippen molar-refractivity contribution in [3.63, 3.8) is 0 Å². The normalized spacial score (nSPS) is 11.1. The maximum absolute atomic E-state index is 12.8. The van der Waals surface area contributed by atoms with Crippen molar-refractivity contribution in [2.24, 2.45) is 0 Å². The molecule has 0 saturated heterocycles. The Morgan fingerprint density at radius 2 is 1.67 bits per heavy atom. The lowest BCUT2D eigenvalue weighted by Crippen LogP contribution is -2.04. The molecule has 0 aliphatic heterocycles. The van der Waals surface area contributed by atoms with Gasteiger partial charge >= 0.3 is 0 Å². The number of benzene rings is 2. The minimum absolute atomic E-state index is 0.137. The summed E-state index contributed by atoms with van der Waals surface area (Å²) in [5.74, 6) is 1.95. The Bertz CT molecular complexity index is 858. The smallest absolute Gasteiger partial charge is 0.203 e. The first kappa shape index (κ1) is 20.2. The van der Waals surface area contributed by atoms with Crippen molar-refractivity contribution in [1.82, 2.24) is 0 Å². The molecule has 2 rings (SSSR count). The van der Waals surface area contributed by atoms with Gasteiger partial charge < -0.3 is 24.7 Å². The number of nitrogen functional groups attached to an aromatic ring is 1. The van der Waals surface area contributed by atoms with Crippen LogP contribution < -0.4 is 24.7 Å². The molecule has 0 aliphatic carbocycles. The lowest BCUT2D eigenvalue weighted by atomic mass is 10.0. The average Bonchev–Trinajstić information content (AvgIpc) is 2.68. The molecule has 0 unspecified atom stereocenters. The van der Waals surface area contributed by atoms with Gasteiger partial charge in [-0.15, -0.1) is 0 Å². The molecule has 0 saturated carbocycles. The standard InChI is InChI=1S/C21H25NO5/c1-6-27-17-9-7-14(12-16(17)22)19(23)13(2)11-15-8-10-18(24-3)21(26-5)20(15)25-4/h7-12H,6,22H2,1-5H3. The van der Waals surface area contributed by atoms with Crippen molar-refractivity contribution in [3.05, 3.63) is 47.0 Å². The van der Waals surface area contributed by atoms with Gasteiger partial charge in [0.1, 0.15) is 5.75 Å². The van der Waals surface area contributed by atoms with Crippen molar-refractivity contribution in [3.8, 4) is 23.0 Å². The van der Waals surface area contributed by atoms with E-state index in [4.69, 9.17) is 24.7 Å². The van der Waals surface area contributed by atoms with Gasteiger partial charge in [-0.1, -0.05) is 0 Å². The fourth-order valence-electron chi connectivity index (χ4n) is 2.74. The van der Waals surface area contributed by atoms with E-state index in [0.717, 1.165) is 0 Å². The van der Waals surface area contributed by atoms with E-state index in [2.05, 4.69) is 0 Å². The summed E-state index contributed by atoms with van der Waals surface area (Å²) < 4.78 is 21.5. The van der Waals surface area contributed by atoms with Gasteiger partial charge in [0, 0.05) is 11.1 Å². The first-order valence-corrected chi connectivity index (χ1v) is 8.51. The van der Waals surface area contributed by atoms with E-state index in [1.165, 1.54) is 7.11 Å². The van der Waals surface area contributed by atoms with Crippen LogP contribution >= 0.6 is 0 Å². The summed E-state index contributed by atoms with van der Waals surface area (Å²) in [6.07, 6.45) is 1.75. The summed E-state index contributed by atoms with van der Waals surface area (Å²) in [7, 11) is 4.63. The van der Waals surface area contributed by atoms with Crippen molar-refractivity contribution < 1.29 is 23.7 Å². The maximum Gasteiger partial charge on any atom is 0.203 e. The van der Waals surface area contributed by atoms with Crippen LogP contribution in [0, 0.1) is 0 Å². The van der Waals surface area contributed by atoms with Crippen LogP contribution in [-0.4, -0.2) is 33.7 Å². The Kier molecular flexibility index (Phi) is 6.71. The highest BCUT2D eigenvalue weighted by Crippen LogP contribution is 2.40. The summed E-state index contributed by atoms with van der Waals surface area (Å²) in [6.45, 7) is 4.13. The summed E-state index contributed by atoms with van der Waals surface area (Å²) in [5, 5.41) is 0. The monoisotopic (exact) mass is 371 g/mol. The third-order valence-corrected chi connectivity index (χ3v) is 4.04. The van der Waals surface area contributed by atoms with Crippen LogP contribution in [0.2, 0.25) is 0 Å². The van der Waals surface area contributed by atoms with Crippen LogP contribution in [0.3, 0.4) is 0 Å². The van der Waals surface area contributed by atoms with Gasteiger partial charge in [-0.3, -0.25) is 4.79 Å². The molecular formula is C21H25NO5. The highest BCUT2D eigenvalue weighted by Gasteiger charge is 2.16. The second-order valence-corrected chi connectivity index (χ2v) is 5.77. The fraction of sp³-hybridized carbons (Fsp3) is 0.286. The van der Waals surface area contributed by atoms with Crippen LogP contribution in [-0.2, 0) is 0 Å². The van der Waals surface area contributed by atoms with E-state index in [1.54, 1.807) is 51.5 Å². The number of rotatable bonds is 8. The van der Waals surface area contributed by atoms with Crippen molar-refractivity contribution >= 4 is 17.5 Å². The molecule has 0 fully saturated rings. The van der Waals surface area contributed by atoms with Crippen LogP contribution in [0.1, 0.15) is 29.8 Å². The third kappa shape index (κ3) is 4.34. The van der Waals surface area contributed by atoms with Gasteiger partial charge in [0.15, 0.2) is 17.3 Å². The van der Waals surface area contributed by atoms with Gasteiger partial charge in [-0.25, -0.2) is 0 Å². The average molecular weight is 371 g/mol. The predicted molar refractivity (Wildman–Crippen MR) is 106 cm³/mol. The Labute approximate surface area is 159 Å². The Hall–Kier alpha value is -3.15. The first-order valence-electron chi connectivity index (χ1n) is 8.51. The van der Waals surface area contributed by atoms with Crippen molar-refractivity contribution in [2.45, 2.75) is 13.8 Å². The molecule has 0 atom stereocenters. The van der Waals surface area contributed by atoms with E-state index in [1.807, 2.05) is 13.0 Å². The largest absolute Gasteiger partial charge is 0.493 e. The highest BCUT2D eigenvalue weighted by atomic mass is 16.5. The summed E-state index contributed by atoms with van der Waals surface area (Å²) in [6, 6.07) is 8.60. The number of ketones is 1. The minimum atomic E-state index is -0.137. The zero-order valence-electron chi connectivity index (χ0n) is 16.3. The molecule has 0 bridgehead atoms. The topological polar surface area (TPSA) is 80.0 Å². The Morgan fingerprint density at radius 1 is 1.00 bits per heavy atom. The molecule has 0 aliphatic rings. The van der Waals surface area contributed by atoms with Gasteiger partial charge in [-0.2, -0.15) is 0 Å². The summed E-state index contributed by atoms with van der Waals surface area (Å²) >= 11 is 0. The number of hydrogen-bond acceptors (Lipinski definition) is 6. The van der Waals surface area contributed by atoms with E-state index in [9.17, 15) is 4.79 Å². The van der Waals surface area contributed by atoms with Gasteiger partial charge in [0.05, 0.1) is 33.6 Å². The van der Waals surface area contributed by atoms with E-state index in [0.29, 0.717) is 52.0 Å². The van der Waals surface area contributed by atoms with Crippen molar-refractivity contribution in [2.75, 3.05) is 33.7 Å². The zero-order valence-corrected chi connectivity index (χ0v) is 16.3. The molecule has 0 heterocycles. The number of allylic oxidation sites excluding steroid dienone is 1. The summed E-state index contributed by atoms with van der Waals surface area (Å²) in [5.41, 5.74) is 8.13. The number of hydrogen-bond donors (Lipinski definition) is 1. The molecule has 2 aromatic rings. The highest BCUT2D eigenvalue weighted by molar-refractivity contribution is 6.11. The molecule has 6 nitrogen and oxygen atoms in total. The number of methoxy groups -OCH3 is 3. The zero-order chi connectivity index (χ0) is 20.0. The van der Waals surface area contributed by atoms with E-state index in [-0.39, 0.29) is 5.78 Å². The number of ether oxygens (including phenoxy) is 4. The molecule has 0 aromatic heterocycles. The predicted octanol–water partition coefficient (Wildman–Crippen LogP) is 3.98. The number of Topliss-reactive ketones (excluding diaryl/α,β-unsaturated/α-hetero) is 1. The van der Waals surface area contributed by atoms with E-state index >= 15 is 0 Å². The molecule has 144 valence electrons.